The number of hydrogen-bond donors (Lipinski definition) is 0. The number of carbonyl (C=O) groups is 2. The molecule has 0 aromatic heterocycles. The zero-order valence-electron chi connectivity index (χ0n) is 15.6. The first-order valence-corrected chi connectivity index (χ1v) is 8.53. The Morgan fingerprint density at radius 1 is 0.667 bits per heavy atom. The average Bonchev–Trinajstić information content (AvgIpc) is 2.74. The van der Waals surface area contributed by atoms with E-state index in [0.717, 1.165) is 0 Å². The Kier molecular flexibility index (Phi) is 9.32. The van der Waals surface area contributed by atoms with Gasteiger partial charge in [0.15, 0.2) is 0 Å². The SMILES string of the molecule is O=C=Nc1ccc(OC(=O)COCCOCC(=O)Oc2ccc(N=C=O)cc2)cc1. The van der Waals surface area contributed by atoms with Crippen molar-refractivity contribution in [1.29, 1.82) is 0 Å². The topological polar surface area (TPSA) is 130 Å². The molecule has 0 saturated carbocycles. The highest BCUT2D eigenvalue weighted by Gasteiger charge is 2.07. The van der Waals surface area contributed by atoms with Gasteiger partial charge in [0.2, 0.25) is 12.2 Å². The molecule has 0 amide bonds. The number of rotatable bonds is 11. The molecule has 2 rings (SSSR count). The summed E-state index contributed by atoms with van der Waals surface area (Å²) in [5, 5.41) is 0. The van der Waals surface area contributed by atoms with E-state index in [9.17, 15) is 19.2 Å². The Labute approximate surface area is 170 Å². The van der Waals surface area contributed by atoms with E-state index in [4.69, 9.17) is 18.9 Å². The lowest BCUT2D eigenvalue weighted by molar-refractivity contribution is -0.143. The third-order valence-corrected chi connectivity index (χ3v) is 3.30. The van der Waals surface area contributed by atoms with Crippen LogP contribution in [0.2, 0.25) is 0 Å². The van der Waals surface area contributed by atoms with Crippen molar-refractivity contribution in [2.24, 2.45) is 9.98 Å². The van der Waals surface area contributed by atoms with E-state index in [1.807, 2.05) is 0 Å². The molecule has 0 fully saturated rings. The second kappa shape index (κ2) is 12.5. The monoisotopic (exact) mass is 412 g/mol. The molecule has 0 bridgehead atoms. The lowest BCUT2D eigenvalue weighted by atomic mass is 10.3. The average molecular weight is 412 g/mol. The molecule has 30 heavy (non-hydrogen) atoms. The predicted octanol–water partition coefficient (Wildman–Crippen LogP) is 2.17. The number of hydrogen-bond acceptors (Lipinski definition) is 10. The molecule has 0 N–H and O–H groups in total. The molecule has 2 aromatic carbocycles. The standard InChI is InChI=1S/C20H16N2O8/c23-13-21-15-1-5-17(6-2-15)29-19(25)11-27-9-10-28-12-20(26)30-18-7-3-16(4-8-18)22-14-24/h1-8H,9-12H2. The second-order valence-electron chi connectivity index (χ2n) is 5.45. The maximum atomic E-state index is 11.7. The minimum absolute atomic E-state index is 0.0633. The summed E-state index contributed by atoms with van der Waals surface area (Å²) in [6.07, 6.45) is 2.81. The summed E-state index contributed by atoms with van der Waals surface area (Å²) >= 11 is 0. The summed E-state index contributed by atoms with van der Waals surface area (Å²) in [5.41, 5.74) is 0.779. The van der Waals surface area contributed by atoms with Crippen molar-refractivity contribution in [2.45, 2.75) is 0 Å². The Bertz CT molecular complexity index is 864. The second-order valence-corrected chi connectivity index (χ2v) is 5.45. The summed E-state index contributed by atoms with van der Waals surface area (Å²) in [7, 11) is 0. The fourth-order valence-electron chi connectivity index (χ4n) is 2.03. The molecule has 2 aromatic rings. The van der Waals surface area contributed by atoms with Crippen LogP contribution >= 0.6 is 0 Å². The van der Waals surface area contributed by atoms with Gasteiger partial charge in [0.1, 0.15) is 24.7 Å². The van der Waals surface area contributed by atoms with Gasteiger partial charge >= 0.3 is 11.9 Å². The molecule has 10 heteroatoms. The van der Waals surface area contributed by atoms with Crippen LogP contribution in [0.4, 0.5) is 11.4 Å². The van der Waals surface area contributed by atoms with Crippen LogP contribution in [-0.4, -0.2) is 50.5 Å². The molecule has 0 aliphatic heterocycles. The number of aliphatic imine (C=N–C) groups is 2. The van der Waals surface area contributed by atoms with Gasteiger partial charge in [0, 0.05) is 0 Å². The highest BCUT2D eigenvalue weighted by atomic mass is 16.6. The first-order valence-electron chi connectivity index (χ1n) is 8.53. The minimum Gasteiger partial charge on any atom is -0.425 e. The van der Waals surface area contributed by atoms with Crippen LogP contribution in [-0.2, 0) is 28.7 Å². The maximum Gasteiger partial charge on any atom is 0.337 e. The molecule has 154 valence electrons. The van der Waals surface area contributed by atoms with E-state index < -0.39 is 11.9 Å². The van der Waals surface area contributed by atoms with E-state index in [1.54, 1.807) is 0 Å². The van der Waals surface area contributed by atoms with Crippen molar-refractivity contribution in [3.8, 4) is 11.5 Å². The van der Waals surface area contributed by atoms with Crippen molar-refractivity contribution in [2.75, 3.05) is 26.4 Å². The van der Waals surface area contributed by atoms with Crippen molar-refractivity contribution in [3.05, 3.63) is 48.5 Å². The third kappa shape index (κ3) is 8.39. The van der Waals surface area contributed by atoms with Crippen LogP contribution in [0, 0.1) is 0 Å². The Hall–Kier alpha value is -3.94. The van der Waals surface area contributed by atoms with Crippen LogP contribution in [0.15, 0.2) is 58.5 Å². The normalized spacial score (nSPS) is 9.73. The van der Waals surface area contributed by atoms with E-state index in [2.05, 4.69) is 9.98 Å². The van der Waals surface area contributed by atoms with E-state index >= 15 is 0 Å². The van der Waals surface area contributed by atoms with Crippen LogP contribution in [0.25, 0.3) is 0 Å². The molecular formula is C20H16N2O8. The summed E-state index contributed by atoms with van der Waals surface area (Å²) in [6, 6.07) is 11.9. The fraction of sp³-hybridized carbons (Fsp3) is 0.200. The lowest BCUT2D eigenvalue weighted by Gasteiger charge is -2.07. The number of esters is 2. The summed E-state index contributed by atoms with van der Waals surface area (Å²) in [6.45, 7) is -0.489. The molecule has 10 nitrogen and oxygen atoms in total. The quantitative estimate of drug-likeness (QED) is 0.180. The molecular weight excluding hydrogens is 396 g/mol. The number of isocyanates is 2. The van der Waals surface area contributed by atoms with Crippen LogP contribution in [0.1, 0.15) is 0 Å². The maximum absolute atomic E-state index is 11.7. The number of benzene rings is 2. The first kappa shape index (κ1) is 22.4. The largest absolute Gasteiger partial charge is 0.425 e. The summed E-state index contributed by atoms with van der Waals surface area (Å²) < 4.78 is 20.3. The number of nitrogens with zero attached hydrogens (tertiary/aromatic N) is 2. The molecule has 0 radical (unpaired) electrons. The predicted molar refractivity (Wildman–Crippen MR) is 101 cm³/mol. The van der Waals surface area contributed by atoms with Gasteiger partial charge in [-0.3, -0.25) is 0 Å². The molecule has 0 saturated heterocycles. The molecule has 0 spiro atoms. The van der Waals surface area contributed by atoms with Crippen LogP contribution in [0.5, 0.6) is 11.5 Å². The van der Waals surface area contributed by atoms with Gasteiger partial charge in [-0.1, -0.05) is 0 Å². The molecule has 0 aliphatic carbocycles. The van der Waals surface area contributed by atoms with Gasteiger partial charge in [0.25, 0.3) is 0 Å². The van der Waals surface area contributed by atoms with Crippen molar-refractivity contribution in [1.82, 2.24) is 0 Å². The van der Waals surface area contributed by atoms with Gasteiger partial charge in [-0.15, -0.1) is 0 Å². The van der Waals surface area contributed by atoms with Gasteiger partial charge < -0.3 is 18.9 Å². The molecule has 0 aliphatic rings. The van der Waals surface area contributed by atoms with E-state index in [1.165, 1.54) is 60.7 Å². The smallest absolute Gasteiger partial charge is 0.337 e. The van der Waals surface area contributed by atoms with Gasteiger partial charge in [-0.25, -0.2) is 19.2 Å². The molecule has 0 heterocycles. The molecule has 0 atom stereocenters. The lowest BCUT2D eigenvalue weighted by Crippen LogP contribution is -2.20. The van der Waals surface area contributed by atoms with Gasteiger partial charge in [-0.05, 0) is 48.5 Å². The highest BCUT2D eigenvalue weighted by Crippen LogP contribution is 2.18. The van der Waals surface area contributed by atoms with E-state index in [0.29, 0.717) is 11.4 Å². The Morgan fingerprint density at radius 3 is 1.37 bits per heavy atom. The zero-order valence-corrected chi connectivity index (χ0v) is 15.6. The third-order valence-electron chi connectivity index (χ3n) is 3.30. The highest BCUT2D eigenvalue weighted by molar-refractivity contribution is 5.74. The summed E-state index contributed by atoms with van der Waals surface area (Å²) in [4.78, 5) is 50.4. The zero-order chi connectivity index (χ0) is 21.6. The van der Waals surface area contributed by atoms with Gasteiger partial charge in [0.05, 0.1) is 24.6 Å². The van der Waals surface area contributed by atoms with Crippen molar-refractivity contribution < 1.29 is 38.1 Å². The Morgan fingerprint density at radius 2 is 1.03 bits per heavy atom. The van der Waals surface area contributed by atoms with Gasteiger partial charge in [-0.2, -0.15) is 9.98 Å². The van der Waals surface area contributed by atoms with E-state index in [-0.39, 0.29) is 37.9 Å². The summed E-state index contributed by atoms with van der Waals surface area (Å²) in [5.74, 6) is -0.691. The van der Waals surface area contributed by atoms with Crippen molar-refractivity contribution in [3.63, 3.8) is 0 Å². The minimum atomic E-state index is -0.622. The number of ether oxygens (including phenoxy) is 4. The van der Waals surface area contributed by atoms with Crippen LogP contribution < -0.4 is 9.47 Å². The first-order chi connectivity index (χ1) is 14.6. The Balaban J connectivity index is 1.57. The molecule has 0 unspecified atom stereocenters. The van der Waals surface area contributed by atoms with Crippen LogP contribution in [0.3, 0.4) is 0 Å². The fourth-order valence-corrected chi connectivity index (χ4v) is 2.03. The number of carbonyl (C=O) groups excluding carboxylic acids is 4. The van der Waals surface area contributed by atoms with Crippen molar-refractivity contribution >= 4 is 35.5 Å².